The van der Waals surface area contributed by atoms with Gasteiger partial charge in [-0.05, 0) is 48.7 Å². The van der Waals surface area contributed by atoms with Crippen molar-refractivity contribution >= 4 is 44.5 Å². The van der Waals surface area contributed by atoms with E-state index >= 15 is 0 Å². The molecule has 6 heteroatoms. The number of aryl methyl sites for hydroxylation is 1. The van der Waals surface area contributed by atoms with E-state index in [0.717, 1.165) is 27.7 Å². The third-order valence-electron chi connectivity index (χ3n) is 4.98. The molecule has 1 atom stereocenters. The highest BCUT2D eigenvalue weighted by Gasteiger charge is 2.35. The predicted molar refractivity (Wildman–Crippen MR) is 111 cm³/mol. The average molecular weight is 448 g/mol. The second-order valence-electron chi connectivity index (χ2n) is 6.77. The fourth-order valence-electron chi connectivity index (χ4n) is 3.83. The van der Waals surface area contributed by atoms with Gasteiger partial charge in [0.15, 0.2) is 0 Å². The summed E-state index contributed by atoms with van der Waals surface area (Å²) in [5.74, 6) is 0.290. The lowest BCUT2D eigenvalue weighted by atomic mass is 9.92. The minimum Gasteiger partial charge on any atom is -0.448 e. The Morgan fingerprint density at radius 1 is 1.33 bits per heavy atom. The Labute approximate surface area is 171 Å². The molecule has 0 saturated heterocycles. The van der Waals surface area contributed by atoms with E-state index in [1.165, 1.54) is 16.5 Å². The molecule has 1 aromatic heterocycles. The van der Waals surface area contributed by atoms with Gasteiger partial charge in [-0.25, -0.2) is 4.79 Å². The summed E-state index contributed by atoms with van der Waals surface area (Å²) in [5, 5.41) is 1.23. The predicted octanol–water partition coefficient (Wildman–Crippen LogP) is 5.56. The number of hydrogen-bond donors (Lipinski definition) is 1. The molecule has 1 unspecified atom stereocenters. The summed E-state index contributed by atoms with van der Waals surface area (Å²) < 4.78 is 6.33. The molecular weight excluding hydrogens is 428 g/mol. The normalized spacial score (nSPS) is 16.4. The SMILES string of the molecule is Cc1ccc2[nH]c3c(c2c1)CCN(C(=O)OCCCl)C3c1cccc(Br)c1. The molecule has 0 saturated carbocycles. The van der Waals surface area contributed by atoms with Crippen LogP contribution in [-0.2, 0) is 11.2 Å². The van der Waals surface area contributed by atoms with E-state index < -0.39 is 0 Å². The summed E-state index contributed by atoms with van der Waals surface area (Å²) in [7, 11) is 0. The lowest BCUT2D eigenvalue weighted by Crippen LogP contribution is -2.41. The Kier molecular flexibility index (Phi) is 5.15. The zero-order chi connectivity index (χ0) is 19.0. The zero-order valence-electron chi connectivity index (χ0n) is 15.0. The molecule has 1 aliphatic heterocycles. The van der Waals surface area contributed by atoms with Gasteiger partial charge in [0.25, 0.3) is 0 Å². The van der Waals surface area contributed by atoms with Crippen LogP contribution in [0.1, 0.15) is 28.4 Å². The number of ether oxygens (including phenoxy) is 1. The van der Waals surface area contributed by atoms with E-state index in [4.69, 9.17) is 16.3 Å². The van der Waals surface area contributed by atoms with Gasteiger partial charge in [-0.15, -0.1) is 11.6 Å². The standard InChI is InChI=1S/C21H20BrClN2O2/c1-13-5-6-18-17(11-13)16-7-9-25(21(26)27-10-8-23)20(19(16)24-18)14-3-2-4-15(22)12-14/h2-6,11-12,20,24H,7-10H2,1H3. The molecule has 2 aromatic carbocycles. The van der Waals surface area contributed by atoms with Crippen LogP contribution in [0.15, 0.2) is 46.9 Å². The Balaban J connectivity index is 1.85. The molecule has 0 radical (unpaired) electrons. The molecule has 4 rings (SSSR count). The van der Waals surface area contributed by atoms with Gasteiger partial charge >= 0.3 is 6.09 Å². The molecule has 1 N–H and O–H groups in total. The first kappa shape index (κ1) is 18.4. The minimum atomic E-state index is -0.332. The first-order valence-corrected chi connectivity index (χ1v) is 10.3. The molecule has 0 bridgehead atoms. The Bertz CT molecular complexity index is 1000. The maximum Gasteiger partial charge on any atom is 0.410 e. The number of rotatable bonds is 3. The van der Waals surface area contributed by atoms with Gasteiger partial charge in [0.2, 0.25) is 0 Å². The molecule has 4 nitrogen and oxygen atoms in total. The summed E-state index contributed by atoms with van der Waals surface area (Å²) >= 11 is 9.25. The summed E-state index contributed by atoms with van der Waals surface area (Å²) in [6.45, 7) is 2.91. The summed E-state index contributed by atoms with van der Waals surface area (Å²) in [6, 6.07) is 14.3. The number of alkyl halides is 1. The number of H-pyrrole nitrogens is 1. The maximum absolute atomic E-state index is 12.7. The topological polar surface area (TPSA) is 45.3 Å². The monoisotopic (exact) mass is 446 g/mol. The Morgan fingerprint density at radius 3 is 2.96 bits per heavy atom. The van der Waals surface area contributed by atoms with Crippen molar-refractivity contribution in [3.63, 3.8) is 0 Å². The number of carbonyl (C=O) groups excluding carboxylic acids is 1. The van der Waals surface area contributed by atoms with Crippen molar-refractivity contribution in [2.75, 3.05) is 19.0 Å². The van der Waals surface area contributed by atoms with Crippen molar-refractivity contribution in [2.24, 2.45) is 0 Å². The average Bonchev–Trinajstić information content (AvgIpc) is 3.03. The quantitative estimate of drug-likeness (QED) is 0.534. The van der Waals surface area contributed by atoms with Crippen LogP contribution in [0.3, 0.4) is 0 Å². The number of halogens is 2. The highest BCUT2D eigenvalue weighted by atomic mass is 79.9. The molecule has 140 valence electrons. The van der Waals surface area contributed by atoms with E-state index in [2.05, 4.69) is 52.1 Å². The third-order valence-corrected chi connectivity index (χ3v) is 5.63. The van der Waals surface area contributed by atoms with Crippen molar-refractivity contribution in [2.45, 2.75) is 19.4 Å². The van der Waals surface area contributed by atoms with Crippen LogP contribution in [0.4, 0.5) is 4.79 Å². The maximum atomic E-state index is 12.7. The highest BCUT2D eigenvalue weighted by molar-refractivity contribution is 9.10. The van der Waals surface area contributed by atoms with Gasteiger partial charge in [-0.2, -0.15) is 0 Å². The fourth-order valence-corrected chi connectivity index (χ4v) is 4.33. The number of nitrogens with one attached hydrogen (secondary N) is 1. The van der Waals surface area contributed by atoms with Crippen LogP contribution < -0.4 is 0 Å². The van der Waals surface area contributed by atoms with Gasteiger partial charge in [0, 0.05) is 27.6 Å². The number of benzene rings is 2. The van der Waals surface area contributed by atoms with Crippen molar-refractivity contribution in [3.05, 3.63) is 69.3 Å². The van der Waals surface area contributed by atoms with Crippen molar-refractivity contribution in [3.8, 4) is 0 Å². The summed E-state index contributed by atoms with van der Waals surface area (Å²) in [6.07, 6.45) is 0.459. The van der Waals surface area contributed by atoms with Crippen LogP contribution in [0.25, 0.3) is 10.9 Å². The second kappa shape index (κ2) is 7.56. The fraction of sp³-hybridized carbons (Fsp3) is 0.286. The van der Waals surface area contributed by atoms with E-state index in [1.54, 1.807) is 4.90 Å². The van der Waals surface area contributed by atoms with Crippen molar-refractivity contribution in [1.29, 1.82) is 0 Å². The largest absolute Gasteiger partial charge is 0.448 e. The van der Waals surface area contributed by atoms with Crippen molar-refractivity contribution < 1.29 is 9.53 Å². The van der Waals surface area contributed by atoms with Crippen LogP contribution in [0, 0.1) is 6.92 Å². The molecule has 1 aliphatic rings. The first-order chi connectivity index (χ1) is 13.1. The van der Waals surface area contributed by atoms with Gasteiger partial charge in [-0.3, -0.25) is 4.90 Å². The summed E-state index contributed by atoms with van der Waals surface area (Å²) in [4.78, 5) is 18.1. The number of nitrogens with zero attached hydrogens (tertiary/aromatic N) is 1. The van der Waals surface area contributed by atoms with E-state index in [9.17, 15) is 4.79 Å². The van der Waals surface area contributed by atoms with Gasteiger partial charge < -0.3 is 9.72 Å². The van der Waals surface area contributed by atoms with E-state index in [-0.39, 0.29) is 24.6 Å². The van der Waals surface area contributed by atoms with Crippen molar-refractivity contribution in [1.82, 2.24) is 9.88 Å². The van der Waals surface area contributed by atoms with Crippen LogP contribution >= 0.6 is 27.5 Å². The molecule has 27 heavy (non-hydrogen) atoms. The summed E-state index contributed by atoms with van der Waals surface area (Å²) in [5.41, 5.74) is 5.70. The molecule has 0 spiro atoms. The van der Waals surface area contributed by atoms with E-state index in [1.807, 2.05) is 18.2 Å². The molecule has 1 amide bonds. The number of aromatic nitrogens is 1. The highest BCUT2D eigenvalue weighted by Crippen LogP contribution is 2.39. The number of carbonyl (C=O) groups is 1. The lowest BCUT2D eigenvalue weighted by molar-refractivity contribution is 0.0937. The number of hydrogen-bond acceptors (Lipinski definition) is 2. The van der Waals surface area contributed by atoms with Crippen LogP contribution in [0.5, 0.6) is 0 Å². The molecule has 3 aromatic rings. The molecule has 0 fully saturated rings. The van der Waals surface area contributed by atoms with E-state index in [0.29, 0.717) is 6.54 Å². The Hall–Kier alpha value is -1.98. The minimum absolute atomic E-state index is 0.209. The molecular formula is C21H20BrClN2O2. The van der Waals surface area contributed by atoms with Gasteiger partial charge in [-0.1, -0.05) is 39.7 Å². The van der Waals surface area contributed by atoms with Gasteiger partial charge in [0.1, 0.15) is 12.6 Å². The Morgan fingerprint density at radius 2 is 2.19 bits per heavy atom. The molecule has 0 aliphatic carbocycles. The second-order valence-corrected chi connectivity index (χ2v) is 8.06. The lowest BCUT2D eigenvalue weighted by Gasteiger charge is -2.35. The third kappa shape index (κ3) is 3.46. The van der Waals surface area contributed by atoms with Crippen LogP contribution in [0.2, 0.25) is 0 Å². The smallest absolute Gasteiger partial charge is 0.410 e. The number of amides is 1. The number of aromatic amines is 1. The number of fused-ring (bicyclic) bond motifs is 3. The molecule has 2 heterocycles. The van der Waals surface area contributed by atoms with Crippen LogP contribution in [-0.4, -0.2) is 35.0 Å². The first-order valence-electron chi connectivity index (χ1n) is 8.94. The zero-order valence-corrected chi connectivity index (χ0v) is 17.3. The van der Waals surface area contributed by atoms with Gasteiger partial charge in [0.05, 0.1) is 5.88 Å².